The number of hydrogen-bond donors (Lipinski definition) is 1. The number of halogens is 3. The molecule has 0 fully saturated rings. The molecule has 174 valence electrons. The average Bonchev–Trinajstić information content (AvgIpc) is 3.01. The summed E-state index contributed by atoms with van der Waals surface area (Å²) >= 11 is 12.4. The van der Waals surface area contributed by atoms with Crippen LogP contribution in [0.3, 0.4) is 0 Å². The van der Waals surface area contributed by atoms with Gasteiger partial charge in [-0.15, -0.1) is 0 Å². The molecular formula is C22H21Cl2FN4O3S. The Morgan fingerprint density at radius 1 is 1.18 bits per heavy atom. The minimum absolute atomic E-state index is 0.221. The molecule has 0 radical (unpaired) electrons. The third-order valence-electron chi connectivity index (χ3n) is 4.82. The van der Waals surface area contributed by atoms with E-state index in [0.29, 0.717) is 25.6 Å². The molecule has 0 saturated carbocycles. The second kappa shape index (κ2) is 9.94. The molecule has 0 aliphatic rings. The maximum absolute atomic E-state index is 14.1. The van der Waals surface area contributed by atoms with Crippen LogP contribution in [0.4, 0.5) is 10.1 Å². The van der Waals surface area contributed by atoms with Crippen molar-refractivity contribution in [3.8, 4) is 5.69 Å². The van der Waals surface area contributed by atoms with Gasteiger partial charge in [-0.3, -0.25) is 9.10 Å². The first-order valence-electron chi connectivity index (χ1n) is 9.67. The first-order valence-corrected chi connectivity index (χ1v) is 12.3. The predicted molar refractivity (Wildman–Crippen MR) is 130 cm³/mol. The average molecular weight is 511 g/mol. The molecule has 0 unspecified atom stereocenters. The molecule has 0 saturated heterocycles. The zero-order valence-corrected chi connectivity index (χ0v) is 20.3. The van der Waals surface area contributed by atoms with Crippen molar-refractivity contribution in [2.24, 2.45) is 5.10 Å². The first-order chi connectivity index (χ1) is 15.5. The highest BCUT2D eigenvalue weighted by atomic mass is 35.5. The van der Waals surface area contributed by atoms with Gasteiger partial charge in [-0.05, 0) is 50.2 Å². The van der Waals surface area contributed by atoms with Gasteiger partial charge in [-0.1, -0.05) is 35.3 Å². The number of amides is 1. The van der Waals surface area contributed by atoms with Crippen LogP contribution in [-0.4, -0.2) is 37.9 Å². The Bertz CT molecular complexity index is 1340. The van der Waals surface area contributed by atoms with Gasteiger partial charge in [0.25, 0.3) is 5.91 Å². The van der Waals surface area contributed by atoms with E-state index < -0.39 is 28.3 Å². The number of nitrogens with one attached hydrogen (secondary N) is 1. The summed E-state index contributed by atoms with van der Waals surface area (Å²) in [4.78, 5) is 12.3. The molecule has 11 heteroatoms. The van der Waals surface area contributed by atoms with Gasteiger partial charge in [-0.25, -0.2) is 18.2 Å². The van der Waals surface area contributed by atoms with E-state index in [1.54, 1.807) is 18.2 Å². The lowest BCUT2D eigenvalue weighted by Gasteiger charge is -2.21. The number of anilines is 1. The zero-order chi connectivity index (χ0) is 24.3. The lowest BCUT2D eigenvalue weighted by atomic mass is 10.2. The van der Waals surface area contributed by atoms with Crippen LogP contribution in [0.15, 0.2) is 53.6 Å². The van der Waals surface area contributed by atoms with Crippen LogP contribution in [0, 0.1) is 19.7 Å². The van der Waals surface area contributed by atoms with Crippen LogP contribution in [0.1, 0.15) is 17.0 Å². The monoisotopic (exact) mass is 510 g/mol. The molecule has 1 heterocycles. The normalized spacial score (nSPS) is 11.7. The number of carbonyl (C=O) groups is 1. The SMILES string of the molecule is Cc1cc(/C=N\NC(=O)CN(c2ccccc2F)S(C)(=O)=O)c(C)n1-c1cc(Cl)ccc1Cl. The van der Waals surface area contributed by atoms with E-state index in [1.165, 1.54) is 24.4 Å². The standard InChI is InChI=1S/C22H21Cl2FN4O3S/c1-14-10-16(15(2)29(14)21-11-17(23)8-9-18(21)24)12-26-27-22(30)13-28(33(3,31)32)20-7-5-4-6-19(20)25/h4-12H,13H2,1-3H3,(H,27,30)/b26-12-. The van der Waals surface area contributed by atoms with Gasteiger partial charge in [-0.2, -0.15) is 5.10 Å². The Hall–Kier alpha value is -2.88. The van der Waals surface area contributed by atoms with E-state index in [-0.39, 0.29) is 5.69 Å². The van der Waals surface area contributed by atoms with Crippen LogP contribution in [0.5, 0.6) is 0 Å². The molecule has 7 nitrogen and oxygen atoms in total. The highest BCUT2D eigenvalue weighted by Crippen LogP contribution is 2.28. The van der Waals surface area contributed by atoms with Crippen molar-refractivity contribution in [2.75, 3.05) is 17.1 Å². The summed E-state index contributed by atoms with van der Waals surface area (Å²) in [6, 6.07) is 12.3. The molecule has 0 aliphatic carbocycles. The third-order valence-corrected chi connectivity index (χ3v) is 6.50. The Labute approximate surface area is 201 Å². The van der Waals surface area contributed by atoms with Crippen molar-refractivity contribution in [3.63, 3.8) is 0 Å². The fourth-order valence-corrected chi connectivity index (χ4v) is 4.55. The number of nitrogens with zero attached hydrogens (tertiary/aromatic N) is 3. The highest BCUT2D eigenvalue weighted by molar-refractivity contribution is 7.92. The summed E-state index contributed by atoms with van der Waals surface area (Å²) in [5.74, 6) is -1.49. The van der Waals surface area contributed by atoms with E-state index in [4.69, 9.17) is 23.2 Å². The largest absolute Gasteiger partial charge is 0.316 e. The van der Waals surface area contributed by atoms with Crippen LogP contribution < -0.4 is 9.73 Å². The Morgan fingerprint density at radius 3 is 2.55 bits per heavy atom. The van der Waals surface area contributed by atoms with Crippen LogP contribution >= 0.6 is 23.2 Å². The molecule has 0 atom stereocenters. The number of carbonyl (C=O) groups excluding carboxylic acids is 1. The molecule has 1 amide bonds. The van der Waals surface area contributed by atoms with Gasteiger partial charge in [0.15, 0.2) is 0 Å². The second-order valence-corrected chi connectivity index (χ2v) is 10.0. The molecule has 0 spiro atoms. The number of rotatable bonds is 7. The van der Waals surface area contributed by atoms with Gasteiger partial charge < -0.3 is 4.57 Å². The van der Waals surface area contributed by atoms with Crippen molar-refractivity contribution < 1.29 is 17.6 Å². The molecule has 33 heavy (non-hydrogen) atoms. The Balaban J connectivity index is 1.78. The van der Waals surface area contributed by atoms with E-state index >= 15 is 0 Å². The van der Waals surface area contributed by atoms with Crippen LogP contribution in [0.25, 0.3) is 5.69 Å². The molecule has 3 rings (SSSR count). The molecular weight excluding hydrogens is 490 g/mol. The van der Waals surface area contributed by atoms with Gasteiger partial charge in [0.2, 0.25) is 10.0 Å². The molecule has 0 aliphatic heterocycles. The minimum atomic E-state index is -3.91. The minimum Gasteiger partial charge on any atom is -0.316 e. The third kappa shape index (κ3) is 5.73. The number of aryl methyl sites for hydroxylation is 1. The number of sulfonamides is 1. The van der Waals surface area contributed by atoms with E-state index in [1.807, 2.05) is 24.5 Å². The van der Waals surface area contributed by atoms with Crippen molar-refractivity contribution in [3.05, 3.63) is 81.3 Å². The molecule has 2 aromatic carbocycles. The maximum Gasteiger partial charge on any atom is 0.260 e. The molecule has 3 aromatic rings. The number of para-hydroxylation sites is 1. The maximum atomic E-state index is 14.1. The van der Waals surface area contributed by atoms with E-state index in [0.717, 1.165) is 23.7 Å². The van der Waals surface area contributed by atoms with E-state index in [2.05, 4.69) is 10.5 Å². The number of hydrogen-bond acceptors (Lipinski definition) is 4. The van der Waals surface area contributed by atoms with Crippen molar-refractivity contribution >= 4 is 51.0 Å². The summed E-state index contributed by atoms with van der Waals surface area (Å²) in [5, 5.41) is 4.99. The fraction of sp³-hybridized carbons (Fsp3) is 0.182. The quantitative estimate of drug-likeness (QED) is 0.376. The number of hydrazone groups is 1. The summed E-state index contributed by atoms with van der Waals surface area (Å²) in [7, 11) is -3.91. The number of aromatic nitrogens is 1. The smallest absolute Gasteiger partial charge is 0.260 e. The van der Waals surface area contributed by atoms with Crippen molar-refractivity contribution in [2.45, 2.75) is 13.8 Å². The fourth-order valence-electron chi connectivity index (χ4n) is 3.32. The van der Waals surface area contributed by atoms with Gasteiger partial charge >= 0.3 is 0 Å². The first kappa shape index (κ1) is 24.8. The predicted octanol–water partition coefficient (Wildman–Crippen LogP) is 4.46. The lowest BCUT2D eigenvalue weighted by Crippen LogP contribution is -2.39. The van der Waals surface area contributed by atoms with Crippen molar-refractivity contribution in [1.82, 2.24) is 9.99 Å². The van der Waals surface area contributed by atoms with Gasteiger partial charge in [0.1, 0.15) is 12.4 Å². The van der Waals surface area contributed by atoms with Gasteiger partial charge in [0.05, 0.1) is 28.9 Å². The van der Waals surface area contributed by atoms with Crippen molar-refractivity contribution in [1.29, 1.82) is 0 Å². The van der Waals surface area contributed by atoms with Crippen LogP contribution in [0.2, 0.25) is 10.0 Å². The van der Waals surface area contributed by atoms with E-state index in [9.17, 15) is 17.6 Å². The Morgan fingerprint density at radius 2 is 1.88 bits per heavy atom. The van der Waals surface area contributed by atoms with Crippen LogP contribution in [-0.2, 0) is 14.8 Å². The topological polar surface area (TPSA) is 83.8 Å². The zero-order valence-electron chi connectivity index (χ0n) is 18.0. The molecule has 0 bridgehead atoms. The summed E-state index contributed by atoms with van der Waals surface area (Å²) < 4.78 is 40.9. The summed E-state index contributed by atoms with van der Waals surface area (Å²) in [6.45, 7) is 3.11. The van der Waals surface area contributed by atoms with Gasteiger partial charge in [0, 0.05) is 22.0 Å². The molecule has 1 N–H and O–H groups in total. The highest BCUT2D eigenvalue weighted by Gasteiger charge is 2.23. The summed E-state index contributed by atoms with van der Waals surface area (Å²) in [5.41, 5.74) is 5.15. The Kier molecular flexibility index (Phi) is 7.46. The molecule has 1 aromatic heterocycles. The second-order valence-electron chi connectivity index (χ2n) is 7.27. The number of benzene rings is 2. The summed E-state index contributed by atoms with van der Waals surface area (Å²) in [6.07, 6.45) is 2.33. The lowest BCUT2D eigenvalue weighted by molar-refractivity contribution is -0.119.